The van der Waals surface area contributed by atoms with Crippen LogP contribution in [0, 0.1) is 51.9 Å². The molecular weight excluding hydrogens is 1750 g/mol. The van der Waals surface area contributed by atoms with Crippen molar-refractivity contribution in [2.45, 2.75) is 312 Å². The van der Waals surface area contributed by atoms with Gasteiger partial charge in [-0.2, -0.15) is 8.42 Å². The second-order valence-corrected chi connectivity index (χ2v) is 56.3. The van der Waals surface area contributed by atoms with Gasteiger partial charge in [0.25, 0.3) is 26.6 Å². The summed E-state index contributed by atoms with van der Waals surface area (Å²) in [5.74, 6) is -4.67. The normalized spacial score (nSPS) is 24.4. The molecule has 6 aliphatic rings. The molecule has 690 valence electrons. The van der Waals surface area contributed by atoms with Crippen molar-refractivity contribution in [3.05, 3.63) is 172 Å². The maximum atomic E-state index is 16.0. The van der Waals surface area contributed by atoms with E-state index in [1.807, 2.05) is 0 Å². The fourth-order valence-electron chi connectivity index (χ4n) is 17.3. The van der Waals surface area contributed by atoms with E-state index in [-0.39, 0.29) is 158 Å². The van der Waals surface area contributed by atoms with Crippen molar-refractivity contribution in [3.8, 4) is 0 Å². The summed E-state index contributed by atoms with van der Waals surface area (Å²) in [6.07, 6.45) is 0.0645. The first-order valence-electron chi connectivity index (χ1n) is 42.2. The predicted octanol–water partition coefficient (Wildman–Crippen LogP) is 16.6. The summed E-state index contributed by atoms with van der Waals surface area (Å²) in [5.41, 5.74) is -14.8. The van der Waals surface area contributed by atoms with Crippen LogP contribution in [0.1, 0.15) is 216 Å². The second-order valence-electron chi connectivity index (χ2n) is 37.5. The number of nitrogens with one attached hydrogen (secondary N) is 2. The molecule has 4 N–H and O–H groups in total. The number of aryl methyl sites for hydroxylation is 1. The SMILES string of the molecule is C1CCOC1.CC(C)(C)[O-].CCC1(C(F)(F)[Si](C)(C)C)C[C@H](CCC(O)c2cccc(F)c2)N(S(=O)(=O)c2ccc(C)cc2)C1=O.CCC1(C(F)(F)[Si](C)(C)C)C[C@H](CCC(O)c2cccc(F)c2)NC1=O.CCC1(C(F)(F)[Si](C)(C)C)C[C@H](CCC(OS(C)(=O)=O)c2cccc(F)c2)NC1=O.CCC1(C(F)F)C[C@@H]2CCC(c3cccc(F)c3)N2C1=O.[K+]. The number of alkyl halides is 8. The topological polar surface area (TPSA) is 249 Å². The van der Waals surface area contributed by atoms with E-state index < -0.39 is 172 Å². The Kier molecular flexibility index (Phi) is 38.8. The van der Waals surface area contributed by atoms with Gasteiger partial charge in [-0.1, -0.05) is 174 Å². The molecule has 6 fully saturated rings. The molecule has 124 heavy (non-hydrogen) atoms. The molecule has 0 aromatic heterocycles. The summed E-state index contributed by atoms with van der Waals surface area (Å²) in [7, 11) is -17.4. The first kappa shape index (κ1) is 110. The molecule has 6 heterocycles. The van der Waals surface area contributed by atoms with Crippen LogP contribution in [0.4, 0.5) is 52.7 Å². The molecule has 6 aliphatic heterocycles. The Bertz CT molecular complexity index is 4610. The third-order valence-electron chi connectivity index (χ3n) is 24.5. The van der Waals surface area contributed by atoms with Crippen molar-refractivity contribution in [1.82, 2.24) is 19.8 Å². The van der Waals surface area contributed by atoms with Gasteiger partial charge in [0.05, 0.1) is 29.4 Å². The number of carbonyl (C=O) groups is 4. The van der Waals surface area contributed by atoms with E-state index in [1.54, 1.807) is 129 Å². The number of benzene rings is 5. The number of nitrogens with zero attached hydrogens (tertiary/aromatic N) is 2. The number of aliphatic hydroxyl groups excluding tert-OH is 2. The first-order valence-corrected chi connectivity index (χ1v) is 56.0. The minimum Gasteiger partial charge on any atom is -0.850 e. The zero-order valence-electron chi connectivity index (χ0n) is 75.0. The molecule has 17 nitrogen and oxygen atoms in total. The number of amides is 4. The van der Waals surface area contributed by atoms with Gasteiger partial charge >= 0.3 is 51.4 Å². The molecule has 0 radical (unpaired) electrons. The quantitative estimate of drug-likeness (QED) is 0.0207. The maximum Gasteiger partial charge on any atom is 1.00 e. The number of fused-ring (bicyclic) bond motifs is 1. The molecule has 0 bridgehead atoms. The largest absolute Gasteiger partial charge is 1.00 e. The number of ether oxygens (including phenoxy) is 1. The van der Waals surface area contributed by atoms with Crippen molar-refractivity contribution >= 4 is 68.0 Å². The van der Waals surface area contributed by atoms with E-state index in [2.05, 4.69) is 10.6 Å². The monoisotopic (exact) mass is 1870 g/mol. The van der Waals surface area contributed by atoms with Crippen LogP contribution in [0.25, 0.3) is 0 Å². The van der Waals surface area contributed by atoms with Crippen molar-refractivity contribution in [2.75, 3.05) is 19.5 Å². The third kappa shape index (κ3) is 25.9. The van der Waals surface area contributed by atoms with Crippen LogP contribution in [-0.4, -0.2) is 156 Å². The predicted molar refractivity (Wildman–Crippen MR) is 457 cm³/mol. The zero-order valence-corrected chi connectivity index (χ0v) is 82.8. The van der Waals surface area contributed by atoms with Gasteiger partial charge in [-0.25, -0.2) is 65.4 Å². The first-order chi connectivity index (χ1) is 56.6. The summed E-state index contributed by atoms with van der Waals surface area (Å²) in [5, 5.41) is 36.3. The van der Waals surface area contributed by atoms with Crippen LogP contribution < -0.4 is 67.1 Å². The Labute approximate surface area is 771 Å². The fourth-order valence-corrected chi connectivity index (χ4v) is 25.1. The minimum absolute atomic E-state index is 0. The number of hydrogen-bond donors (Lipinski definition) is 4. The summed E-state index contributed by atoms with van der Waals surface area (Å²) in [4.78, 5) is 53.0. The summed E-state index contributed by atoms with van der Waals surface area (Å²) in [6.45, 7) is 28.8. The van der Waals surface area contributed by atoms with E-state index >= 15 is 26.3 Å². The van der Waals surface area contributed by atoms with E-state index in [0.29, 0.717) is 45.8 Å². The van der Waals surface area contributed by atoms with Gasteiger partial charge in [0.2, 0.25) is 40.3 Å². The molecule has 35 heteroatoms. The minimum atomic E-state index is -4.44. The molecule has 12 atom stereocenters. The molecule has 5 aromatic rings. The Balaban J connectivity index is 0.000000285. The number of halogens is 12. The molecule has 0 spiro atoms. The van der Waals surface area contributed by atoms with Crippen LogP contribution in [0.2, 0.25) is 58.9 Å². The molecule has 11 rings (SSSR count). The Morgan fingerprint density at radius 3 is 1.32 bits per heavy atom. The Morgan fingerprint density at radius 2 is 0.944 bits per heavy atom. The second kappa shape index (κ2) is 43.9. The van der Waals surface area contributed by atoms with Gasteiger partial charge in [-0.15, -0.1) is 5.60 Å². The molecule has 6 saturated heterocycles. The molecule has 0 saturated carbocycles. The number of carbonyl (C=O) groups excluding carboxylic acids is 4. The van der Waals surface area contributed by atoms with Crippen molar-refractivity contribution in [1.29, 1.82) is 0 Å². The fraction of sp³-hybridized carbons (Fsp3) is 0.618. The average Bonchev–Trinajstić information content (AvgIpc) is 1.55. The van der Waals surface area contributed by atoms with Crippen LogP contribution in [0.5, 0.6) is 0 Å². The standard InChI is InChI=1S/C26H34F3NO4SSi.C20H30F3NO4SSi.C19H28F3NO2Si.C16H18F3NO.C4H8O.C4H9O.K/c1-6-25(26(28,29)36(3,4)5)17-21(12-15-23(31)19-8-7-9-20(27)16-19)30(24(25)32)35(33,34)22-13-10-18(2)11-14-22;1-6-19(20(22,23)30(3,4)5)13-16(24-18(19)25)10-11-17(28-29(2,26)27)14-8-7-9-15(21)12-14;1-5-18(19(21,22)26(2,3)4)12-15(23-17(18)25)9-10-16(24)13-7-6-8-14(20)11-13;1-2-16(14(18)19)9-12-6-7-13(20(12)15(16)21)10-4-3-5-11(17)8-10;1-2-4-5-3-1;1-4(2,3)5;/h7-11,13-14,16,21,23,31H,6,12,15,17H2,1-5H3;7-9,12,16-17H,6,10-11,13H2,1-5H3,(H,24,25);6-8,11,15-16,24H,5,9-10,12H2,1-4H3,(H,23,25);3-5,8,12-14H,2,6-7,9H2,1H3;1-4H2;1-3H3;/q;;;;;-1;+1/t21-,23?,25?;16-,17?,19?;15-,16?,18?;12-,13?,16?;;;/m0000.../s1. The zero-order chi connectivity index (χ0) is 93.0. The van der Waals surface area contributed by atoms with E-state index in [4.69, 9.17) is 8.92 Å². The van der Waals surface area contributed by atoms with Gasteiger partial charge in [0, 0.05) is 37.4 Å². The molecule has 8 unspecified atom stereocenters. The molecule has 4 amide bonds. The average molecular weight is 1880 g/mol. The summed E-state index contributed by atoms with van der Waals surface area (Å²) < 4.78 is 235. The van der Waals surface area contributed by atoms with E-state index in [1.165, 1.54) is 124 Å². The van der Waals surface area contributed by atoms with E-state index in [0.717, 1.165) is 25.0 Å². The number of aliphatic hydroxyl groups is 2. The van der Waals surface area contributed by atoms with Crippen LogP contribution in [-0.2, 0) is 48.2 Å². The molecule has 0 aliphatic carbocycles. The van der Waals surface area contributed by atoms with Crippen LogP contribution in [0.3, 0.4) is 0 Å². The number of rotatable bonds is 28. The van der Waals surface area contributed by atoms with Gasteiger partial charge in [0.1, 0.15) is 75.3 Å². The molecular formula is C89H127F12KN4O13S2Si3. The third-order valence-corrected chi connectivity index (χ3v) is 34.0. The smallest absolute Gasteiger partial charge is 0.850 e. The Hall–Kier alpha value is -4.87. The van der Waals surface area contributed by atoms with Gasteiger partial charge in [0.15, 0.2) is 0 Å². The van der Waals surface area contributed by atoms with E-state index in [9.17, 15) is 77.7 Å². The summed E-state index contributed by atoms with van der Waals surface area (Å²) in [6, 6.07) is 26.0. The van der Waals surface area contributed by atoms with Crippen LogP contribution in [0.15, 0.2) is 126 Å². The molecule has 5 aromatic carbocycles. The van der Waals surface area contributed by atoms with Gasteiger partial charge in [-0.3, -0.25) is 23.4 Å². The van der Waals surface area contributed by atoms with Crippen LogP contribution >= 0.6 is 0 Å². The maximum absolute atomic E-state index is 16.0. The van der Waals surface area contributed by atoms with Crippen molar-refractivity contribution in [2.24, 2.45) is 21.7 Å². The number of hydrogen-bond acceptors (Lipinski definition) is 13. The van der Waals surface area contributed by atoms with Gasteiger partial charge < -0.3 is 35.6 Å². The van der Waals surface area contributed by atoms with Crippen molar-refractivity contribution in [3.63, 3.8) is 0 Å². The van der Waals surface area contributed by atoms with Gasteiger partial charge in [-0.05, 0) is 205 Å². The number of sulfonamides is 1. The summed E-state index contributed by atoms with van der Waals surface area (Å²) >= 11 is 0. The Morgan fingerprint density at radius 1 is 0.548 bits per heavy atom. The van der Waals surface area contributed by atoms with Crippen molar-refractivity contribution < 1.29 is 164 Å².